The SMILES string of the molecule is c1coc(CCNC(=NCc2cccs2)N2CCC(OCC3CCCO3)CC2)c1. The number of hydrogen-bond donors (Lipinski definition) is 1. The van der Waals surface area contributed by atoms with Crippen LogP contribution in [0.4, 0.5) is 0 Å². The Morgan fingerprint density at radius 2 is 2.17 bits per heavy atom. The molecule has 0 spiro atoms. The van der Waals surface area contributed by atoms with E-state index < -0.39 is 0 Å². The monoisotopic (exact) mass is 417 g/mol. The lowest BCUT2D eigenvalue weighted by Gasteiger charge is -2.34. The van der Waals surface area contributed by atoms with Crippen LogP contribution in [0.1, 0.15) is 36.3 Å². The Morgan fingerprint density at radius 1 is 1.24 bits per heavy atom. The summed E-state index contributed by atoms with van der Waals surface area (Å²) in [6.07, 6.45) is 7.58. The molecule has 0 aliphatic carbocycles. The Labute approximate surface area is 176 Å². The van der Waals surface area contributed by atoms with Crippen LogP contribution >= 0.6 is 11.3 Å². The molecule has 4 rings (SSSR count). The van der Waals surface area contributed by atoms with Gasteiger partial charge in [-0.1, -0.05) is 6.07 Å². The van der Waals surface area contributed by atoms with Gasteiger partial charge >= 0.3 is 0 Å². The highest BCUT2D eigenvalue weighted by molar-refractivity contribution is 7.09. The minimum atomic E-state index is 0.305. The molecule has 29 heavy (non-hydrogen) atoms. The fourth-order valence-corrected chi connectivity index (χ4v) is 4.46. The molecule has 1 unspecified atom stereocenters. The van der Waals surface area contributed by atoms with Crippen LogP contribution in [0.15, 0.2) is 45.3 Å². The highest BCUT2D eigenvalue weighted by Crippen LogP contribution is 2.18. The van der Waals surface area contributed by atoms with Crippen molar-refractivity contribution < 1.29 is 13.9 Å². The Hall–Kier alpha value is -1.83. The predicted octanol–water partition coefficient (Wildman–Crippen LogP) is 3.69. The van der Waals surface area contributed by atoms with Crippen molar-refractivity contribution in [2.75, 3.05) is 32.8 Å². The number of nitrogens with zero attached hydrogens (tertiary/aromatic N) is 2. The molecule has 0 amide bonds. The van der Waals surface area contributed by atoms with E-state index in [1.807, 2.05) is 12.1 Å². The third-order valence-corrected chi connectivity index (χ3v) is 6.34. The second-order valence-electron chi connectivity index (χ2n) is 7.63. The number of ether oxygens (including phenoxy) is 2. The highest BCUT2D eigenvalue weighted by Gasteiger charge is 2.24. The number of rotatable bonds is 8. The zero-order chi connectivity index (χ0) is 19.7. The zero-order valence-electron chi connectivity index (χ0n) is 16.9. The van der Waals surface area contributed by atoms with Gasteiger partial charge in [0.1, 0.15) is 5.76 Å². The Bertz CT molecular complexity index is 719. The van der Waals surface area contributed by atoms with Crippen LogP contribution < -0.4 is 5.32 Å². The normalized spacial score (nSPS) is 21.0. The molecule has 158 valence electrons. The van der Waals surface area contributed by atoms with Gasteiger partial charge in [0.2, 0.25) is 0 Å². The summed E-state index contributed by atoms with van der Waals surface area (Å²) in [5, 5.41) is 5.64. The second kappa shape index (κ2) is 10.8. The van der Waals surface area contributed by atoms with Gasteiger partial charge in [0.05, 0.1) is 31.6 Å². The van der Waals surface area contributed by atoms with Gasteiger partial charge < -0.3 is 24.1 Å². The molecule has 2 aromatic rings. The maximum atomic E-state index is 6.12. The van der Waals surface area contributed by atoms with E-state index in [4.69, 9.17) is 18.9 Å². The van der Waals surface area contributed by atoms with Crippen molar-refractivity contribution in [3.63, 3.8) is 0 Å². The third kappa shape index (κ3) is 6.32. The number of aliphatic imine (C=N–C) groups is 1. The van der Waals surface area contributed by atoms with E-state index in [0.717, 1.165) is 76.8 Å². The first kappa shape index (κ1) is 20.4. The Morgan fingerprint density at radius 3 is 2.90 bits per heavy atom. The minimum Gasteiger partial charge on any atom is -0.469 e. The molecule has 0 radical (unpaired) electrons. The summed E-state index contributed by atoms with van der Waals surface area (Å²) in [6.45, 7) is 5.09. The van der Waals surface area contributed by atoms with E-state index in [2.05, 4.69) is 27.7 Å². The number of guanidine groups is 1. The van der Waals surface area contributed by atoms with E-state index in [1.165, 1.54) is 11.3 Å². The molecule has 2 saturated heterocycles. The van der Waals surface area contributed by atoms with Crippen LogP contribution in [0, 0.1) is 0 Å². The van der Waals surface area contributed by atoms with Gasteiger partial charge in [-0.3, -0.25) is 0 Å². The molecule has 2 aromatic heterocycles. The minimum absolute atomic E-state index is 0.305. The molecule has 2 aliphatic rings. The van der Waals surface area contributed by atoms with E-state index in [9.17, 15) is 0 Å². The molecule has 0 saturated carbocycles. The topological polar surface area (TPSA) is 59.2 Å². The van der Waals surface area contributed by atoms with Crippen molar-refractivity contribution in [3.8, 4) is 0 Å². The number of piperidine rings is 1. The van der Waals surface area contributed by atoms with E-state index in [1.54, 1.807) is 17.6 Å². The van der Waals surface area contributed by atoms with Crippen molar-refractivity contribution in [1.29, 1.82) is 0 Å². The highest BCUT2D eigenvalue weighted by atomic mass is 32.1. The van der Waals surface area contributed by atoms with Crippen LogP contribution in [0.25, 0.3) is 0 Å². The fraction of sp³-hybridized carbons (Fsp3) is 0.591. The van der Waals surface area contributed by atoms with Gasteiger partial charge in [-0.15, -0.1) is 11.3 Å². The maximum Gasteiger partial charge on any atom is 0.194 e. The maximum absolute atomic E-state index is 6.12. The van der Waals surface area contributed by atoms with Crippen LogP contribution in [-0.2, 0) is 22.4 Å². The molecular weight excluding hydrogens is 386 g/mol. The van der Waals surface area contributed by atoms with Gasteiger partial charge in [0.15, 0.2) is 5.96 Å². The largest absolute Gasteiger partial charge is 0.469 e. The number of likely N-dealkylation sites (tertiary alicyclic amines) is 1. The fourth-order valence-electron chi connectivity index (χ4n) is 3.83. The second-order valence-corrected chi connectivity index (χ2v) is 8.66. The average Bonchev–Trinajstić information content (AvgIpc) is 3.53. The first-order valence-electron chi connectivity index (χ1n) is 10.7. The molecule has 0 bridgehead atoms. The molecular formula is C22H31N3O3S. The Balaban J connectivity index is 1.27. The van der Waals surface area contributed by atoms with Crippen molar-refractivity contribution in [2.24, 2.45) is 4.99 Å². The number of thiophene rings is 1. The summed E-state index contributed by atoms with van der Waals surface area (Å²) in [4.78, 5) is 8.54. The Kier molecular flexibility index (Phi) is 7.62. The zero-order valence-corrected chi connectivity index (χ0v) is 17.7. The first-order valence-corrected chi connectivity index (χ1v) is 11.6. The molecule has 1 atom stereocenters. The molecule has 7 heteroatoms. The summed E-state index contributed by atoms with van der Waals surface area (Å²) in [7, 11) is 0. The summed E-state index contributed by atoms with van der Waals surface area (Å²) in [5.74, 6) is 1.99. The lowest BCUT2D eigenvalue weighted by atomic mass is 10.1. The van der Waals surface area contributed by atoms with Gasteiger partial charge in [-0.25, -0.2) is 4.99 Å². The van der Waals surface area contributed by atoms with Crippen molar-refractivity contribution in [2.45, 2.75) is 50.9 Å². The van der Waals surface area contributed by atoms with Crippen molar-refractivity contribution in [1.82, 2.24) is 10.2 Å². The molecule has 4 heterocycles. The first-order chi connectivity index (χ1) is 14.4. The third-order valence-electron chi connectivity index (χ3n) is 5.48. The molecule has 2 aliphatic heterocycles. The van der Waals surface area contributed by atoms with Gasteiger partial charge in [-0.05, 0) is 49.3 Å². The average molecular weight is 418 g/mol. The lowest BCUT2D eigenvalue weighted by Crippen LogP contribution is -2.47. The van der Waals surface area contributed by atoms with Gasteiger partial charge in [0, 0.05) is 37.5 Å². The van der Waals surface area contributed by atoms with Gasteiger partial charge in [-0.2, -0.15) is 0 Å². The number of hydrogen-bond acceptors (Lipinski definition) is 5. The smallest absolute Gasteiger partial charge is 0.194 e. The summed E-state index contributed by atoms with van der Waals surface area (Å²) >= 11 is 1.75. The molecule has 2 fully saturated rings. The lowest BCUT2D eigenvalue weighted by molar-refractivity contribution is -0.0367. The van der Waals surface area contributed by atoms with E-state index >= 15 is 0 Å². The van der Waals surface area contributed by atoms with Crippen LogP contribution in [0.5, 0.6) is 0 Å². The summed E-state index contributed by atoms with van der Waals surface area (Å²) < 4.78 is 17.2. The van der Waals surface area contributed by atoms with E-state index in [-0.39, 0.29) is 0 Å². The van der Waals surface area contributed by atoms with E-state index in [0.29, 0.717) is 12.2 Å². The molecule has 0 aromatic carbocycles. The van der Waals surface area contributed by atoms with Crippen molar-refractivity contribution >= 4 is 17.3 Å². The quantitative estimate of drug-likeness (QED) is 0.524. The number of furan rings is 1. The van der Waals surface area contributed by atoms with Crippen LogP contribution in [-0.4, -0.2) is 55.9 Å². The molecule has 1 N–H and O–H groups in total. The van der Waals surface area contributed by atoms with Crippen LogP contribution in [0.2, 0.25) is 0 Å². The predicted molar refractivity (Wildman–Crippen MR) is 115 cm³/mol. The number of nitrogens with one attached hydrogen (secondary N) is 1. The standard InChI is InChI=1S/C22H31N3O3S/c1-4-18(26-13-1)7-10-23-22(24-16-21-6-3-15-29-21)25-11-8-19(9-12-25)28-17-20-5-2-14-27-20/h1,3-4,6,13,15,19-20H,2,5,7-12,14,16-17H2,(H,23,24). The van der Waals surface area contributed by atoms with Crippen molar-refractivity contribution in [3.05, 3.63) is 46.5 Å². The summed E-state index contributed by atoms with van der Waals surface area (Å²) in [5.41, 5.74) is 0. The molecule has 6 nitrogen and oxygen atoms in total. The van der Waals surface area contributed by atoms with Crippen LogP contribution in [0.3, 0.4) is 0 Å². The van der Waals surface area contributed by atoms with Gasteiger partial charge in [0.25, 0.3) is 0 Å². The summed E-state index contributed by atoms with van der Waals surface area (Å²) in [6, 6.07) is 8.17.